The number of carbonyl (C=O) groups is 1. The standard InChI is InChI=1S/C20H18INO4/c1-3-10-25-17-9-8-13(12-18(17)24-2)11-16-20(23)26-19(22-16)14-6-4-5-7-15(14)21/h4-9,11-12H,3,10H2,1-2H3/b16-11-. The molecule has 0 bridgehead atoms. The number of rotatable bonds is 6. The largest absolute Gasteiger partial charge is 0.493 e. The molecule has 26 heavy (non-hydrogen) atoms. The minimum Gasteiger partial charge on any atom is -0.493 e. The van der Waals surface area contributed by atoms with E-state index in [4.69, 9.17) is 14.2 Å². The summed E-state index contributed by atoms with van der Waals surface area (Å²) in [5.41, 5.74) is 1.83. The Bertz CT molecular complexity index is 889. The molecule has 0 fully saturated rings. The van der Waals surface area contributed by atoms with Crippen molar-refractivity contribution in [1.82, 2.24) is 0 Å². The van der Waals surface area contributed by atoms with Crippen LogP contribution >= 0.6 is 22.6 Å². The Hall–Kier alpha value is -2.35. The van der Waals surface area contributed by atoms with Crippen LogP contribution in [0, 0.1) is 3.57 Å². The third kappa shape index (κ3) is 4.07. The van der Waals surface area contributed by atoms with Gasteiger partial charge in [-0.1, -0.05) is 25.1 Å². The molecular formula is C20H18INO4. The normalized spacial score (nSPS) is 15.0. The minimum absolute atomic E-state index is 0.254. The fraction of sp³-hybridized carbons (Fsp3) is 0.200. The minimum atomic E-state index is -0.468. The van der Waals surface area contributed by atoms with Crippen molar-refractivity contribution in [3.63, 3.8) is 0 Å². The van der Waals surface area contributed by atoms with E-state index >= 15 is 0 Å². The highest BCUT2D eigenvalue weighted by molar-refractivity contribution is 14.1. The van der Waals surface area contributed by atoms with Crippen LogP contribution in [0.15, 0.2) is 53.2 Å². The molecule has 0 unspecified atom stereocenters. The van der Waals surface area contributed by atoms with E-state index in [0.29, 0.717) is 24.0 Å². The van der Waals surface area contributed by atoms with E-state index in [2.05, 4.69) is 27.6 Å². The molecule has 1 heterocycles. The van der Waals surface area contributed by atoms with Crippen LogP contribution in [0.5, 0.6) is 11.5 Å². The third-order valence-corrected chi connectivity index (χ3v) is 4.62. The molecule has 134 valence electrons. The van der Waals surface area contributed by atoms with Gasteiger partial charge in [0.15, 0.2) is 17.2 Å². The summed E-state index contributed by atoms with van der Waals surface area (Å²) < 4.78 is 17.3. The average molecular weight is 463 g/mol. The fourth-order valence-electron chi connectivity index (χ4n) is 2.42. The lowest BCUT2D eigenvalue weighted by Crippen LogP contribution is -2.06. The summed E-state index contributed by atoms with van der Waals surface area (Å²) in [5, 5.41) is 0. The SMILES string of the molecule is CCCOc1ccc(/C=C2\N=C(c3ccccc3I)OC2=O)cc1OC. The van der Waals surface area contributed by atoms with Crippen LogP contribution in [0.3, 0.4) is 0 Å². The molecule has 2 aromatic carbocycles. The van der Waals surface area contributed by atoms with Crippen LogP contribution in [0.25, 0.3) is 6.08 Å². The molecule has 0 radical (unpaired) electrons. The maximum absolute atomic E-state index is 12.2. The Morgan fingerprint density at radius 3 is 2.73 bits per heavy atom. The Morgan fingerprint density at radius 1 is 1.19 bits per heavy atom. The zero-order chi connectivity index (χ0) is 18.5. The van der Waals surface area contributed by atoms with Crippen LogP contribution in [0.2, 0.25) is 0 Å². The molecule has 0 saturated carbocycles. The van der Waals surface area contributed by atoms with Crippen molar-refractivity contribution in [2.75, 3.05) is 13.7 Å². The van der Waals surface area contributed by atoms with Crippen molar-refractivity contribution in [1.29, 1.82) is 0 Å². The molecule has 3 rings (SSSR count). The molecule has 0 aromatic heterocycles. The first-order chi connectivity index (χ1) is 12.6. The molecule has 5 nitrogen and oxygen atoms in total. The van der Waals surface area contributed by atoms with Crippen molar-refractivity contribution in [2.45, 2.75) is 13.3 Å². The highest BCUT2D eigenvalue weighted by Gasteiger charge is 2.25. The summed E-state index contributed by atoms with van der Waals surface area (Å²) in [7, 11) is 1.59. The molecule has 6 heteroatoms. The Balaban J connectivity index is 1.89. The van der Waals surface area contributed by atoms with E-state index in [1.165, 1.54) is 0 Å². The number of carbonyl (C=O) groups excluding carboxylic acids is 1. The summed E-state index contributed by atoms with van der Waals surface area (Å²) >= 11 is 2.19. The maximum Gasteiger partial charge on any atom is 0.363 e. The molecule has 0 saturated heterocycles. The highest BCUT2D eigenvalue weighted by atomic mass is 127. The molecule has 0 N–H and O–H groups in total. The van der Waals surface area contributed by atoms with Crippen LogP contribution in [0.1, 0.15) is 24.5 Å². The summed E-state index contributed by atoms with van der Waals surface area (Å²) in [4.78, 5) is 16.5. The summed E-state index contributed by atoms with van der Waals surface area (Å²) in [5.74, 6) is 1.14. The lowest BCUT2D eigenvalue weighted by atomic mass is 10.1. The molecule has 0 spiro atoms. The van der Waals surface area contributed by atoms with E-state index in [9.17, 15) is 4.79 Å². The fourth-order valence-corrected chi connectivity index (χ4v) is 3.04. The first-order valence-electron chi connectivity index (χ1n) is 8.20. The highest BCUT2D eigenvalue weighted by Crippen LogP contribution is 2.30. The van der Waals surface area contributed by atoms with Crippen LogP contribution in [0.4, 0.5) is 0 Å². The lowest BCUT2D eigenvalue weighted by Gasteiger charge is -2.10. The summed E-state index contributed by atoms with van der Waals surface area (Å²) in [6.45, 7) is 2.66. The number of ether oxygens (including phenoxy) is 3. The van der Waals surface area contributed by atoms with Gasteiger partial charge in [-0.25, -0.2) is 9.79 Å². The van der Waals surface area contributed by atoms with Crippen LogP contribution in [-0.4, -0.2) is 25.6 Å². The first kappa shape index (κ1) is 18.4. The van der Waals surface area contributed by atoms with Gasteiger partial charge in [-0.15, -0.1) is 0 Å². The number of benzene rings is 2. The number of aliphatic imine (C=N–C) groups is 1. The predicted molar refractivity (Wildman–Crippen MR) is 109 cm³/mol. The second-order valence-electron chi connectivity index (χ2n) is 5.57. The van der Waals surface area contributed by atoms with Gasteiger partial charge >= 0.3 is 5.97 Å². The topological polar surface area (TPSA) is 57.1 Å². The van der Waals surface area contributed by atoms with E-state index in [-0.39, 0.29) is 5.70 Å². The zero-order valence-corrected chi connectivity index (χ0v) is 16.6. The molecule has 1 aliphatic heterocycles. The second-order valence-corrected chi connectivity index (χ2v) is 6.74. The molecule has 0 atom stereocenters. The van der Waals surface area contributed by atoms with Crippen LogP contribution < -0.4 is 9.47 Å². The number of hydrogen-bond donors (Lipinski definition) is 0. The number of hydrogen-bond acceptors (Lipinski definition) is 5. The predicted octanol–water partition coefficient (Wildman–Crippen LogP) is 4.43. The van der Waals surface area contributed by atoms with Gasteiger partial charge in [0.2, 0.25) is 5.90 Å². The van der Waals surface area contributed by atoms with Crippen molar-refractivity contribution in [3.8, 4) is 11.5 Å². The first-order valence-corrected chi connectivity index (χ1v) is 9.28. The van der Waals surface area contributed by atoms with Crippen molar-refractivity contribution < 1.29 is 19.0 Å². The lowest BCUT2D eigenvalue weighted by molar-refractivity contribution is -0.129. The van der Waals surface area contributed by atoms with Gasteiger partial charge in [-0.2, -0.15) is 0 Å². The smallest absolute Gasteiger partial charge is 0.363 e. The van der Waals surface area contributed by atoms with Gasteiger partial charge in [0.05, 0.1) is 19.3 Å². The van der Waals surface area contributed by atoms with Gasteiger partial charge in [-0.3, -0.25) is 0 Å². The van der Waals surface area contributed by atoms with Gasteiger partial charge < -0.3 is 14.2 Å². The molecule has 2 aromatic rings. The maximum atomic E-state index is 12.2. The number of halogens is 1. The Morgan fingerprint density at radius 2 is 2.00 bits per heavy atom. The van der Waals surface area contributed by atoms with Crippen molar-refractivity contribution in [3.05, 3.63) is 62.9 Å². The molecular weight excluding hydrogens is 445 g/mol. The molecule has 0 aliphatic carbocycles. The van der Waals surface area contributed by atoms with E-state index in [0.717, 1.165) is 21.1 Å². The van der Waals surface area contributed by atoms with Gasteiger partial charge in [0.1, 0.15) is 0 Å². The zero-order valence-electron chi connectivity index (χ0n) is 14.5. The number of esters is 1. The van der Waals surface area contributed by atoms with E-state index in [1.54, 1.807) is 13.2 Å². The van der Waals surface area contributed by atoms with Crippen molar-refractivity contribution >= 4 is 40.5 Å². The monoisotopic (exact) mass is 463 g/mol. The number of nitrogens with zero attached hydrogens (tertiary/aromatic N) is 1. The Labute approximate surface area is 165 Å². The average Bonchev–Trinajstić information content (AvgIpc) is 3.01. The second kappa shape index (κ2) is 8.35. The van der Waals surface area contributed by atoms with E-state index in [1.807, 2.05) is 49.4 Å². The Kier molecular flexibility index (Phi) is 5.92. The molecule has 1 aliphatic rings. The van der Waals surface area contributed by atoms with Crippen molar-refractivity contribution in [2.24, 2.45) is 4.99 Å². The molecule has 0 amide bonds. The quantitative estimate of drug-likeness (QED) is 0.361. The van der Waals surface area contributed by atoms with Gasteiger partial charge in [0, 0.05) is 3.57 Å². The van der Waals surface area contributed by atoms with E-state index < -0.39 is 5.97 Å². The van der Waals surface area contributed by atoms with Gasteiger partial charge in [0.25, 0.3) is 0 Å². The number of cyclic esters (lactones) is 1. The number of methoxy groups -OCH3 is 1. The summed E-state index contributed by atoms with van der Waals surface area (Å²) in [6.07, 6.45) is 2.59. The van der Waals surface area contributed by atoms with Crippen LogP contribution in [-0.2, 0) is 9.53 Å². The van der Waals surface area contributed by atoms with Gasteiger partial charge in [-0.05, 0) is 64.9 Å². The third-order valence-electron chi connectivity index (χ3n) is 3.68. The summed E-state index contributed by atoms with van der Waals surface area (Å²) in [6, 6.07) is 13.1.